The Kier molecular flexibility index (Phi) is 3.92. The number of ether oxygens (including phenoxy) is 1. The van der Waals surface area contributed by atoms with Crippen LogP contribution in [0.2, 0.25) is 0 Å². The van der Waals surface area contributed by atoms with E-state index in [1.54, 1.807) is 16.8 Å². The van der Waals surface area contributed by atoms with E-state index < -0.39 is 5.91 Å². The second-order valence-corrected chi connectivity index (χ2v) is 5.39. The molecule has 1 unspecified atom stereocenters. The number of nitrogens with zero attached hydrogens (tertiary/aromatic N) is 3. The van der Waals surface area contributed by atoms with E-state index >= 15 is 0 Å². The molecule has 0 bridgehead atoms. The fraction of sp³-hybridized carbons (Fsp3) is 0.250. The summed E-state index contributed by atoms with van der Waals surface area (Å²) in [7, 11) is 1.47. The summed E-state index contributed by atoms with van der Waals surface area (Å²) in [5, 5.41) is 18.6. The van der Waals surface area contributed by atoms with E-state index in [-0.39, 0.29) is 23.2 Å². The average molecular weight is 325 g/mol. The lowest BCUT2D eigenvalue weighted by Gasteiger charge is -2.21. The summed E-state index contributed by atoms with van der Waals surface area (Å²) in [5.74, 6) is -0.371. The largest absolute Gasteiger partial charge is 0.495 e. The van der Waals surface area contributed by atoms with Gasteiger partial charge in [-0.15, -0.1) is 0 Å². The molecule has 0 saturated carbocycles. The molecule has 1 aliphatic heterocycles. The maximum absolute atomic E-state index is 12.5. The van der Waals surface area contributed by atoms with Crippen molar-refractivity contribution in [2.24, 2.45) is 0 Å². The molecule has 2 N–H and O–H groups in total. The molecule has 1 atom stereocenters. The van der Waals surface area contributed by atoms with E-state index in [0.29, 0.717) is 23.5 Å². The summed E-state index contributed by atoms with van der Waals surface area (Å²) in [4.78, 5) is 24.5. The molecule has 3 rings (SSSR count). The third kappa shape index (κ3) is 2.56. The van der Waals surface area contributed by atoms with Crippen LogP contribution in [0, 0.1) is 11.3 Å². The lowest BCUT2D eigenvalue weighted by molar-refractivity contribution is 0.0902. The number of carbonyl (C=O) groups excluding carboxylic acids is 2. The Morgan fingerprint density at radius 3 is 3.04 bits per heavy atom. The van der Waals surface area contributed by atoms with E-state index in [2.05, 4.69) is 15.7 Å². The van der Waals surface area contributed by atoms with Crippen molar-refractivity contribution in [1.82, 2.24) is 15.1 Å². The number of hydrogen-bond donors (Lipinski definition) is 2. The standard InChI is InChI=1S/C16H15N5O3/c1-9-7-18-16(23)14-12(8-19-21(9)14)15(22)20-11-3-4-13(24-2)10(5-11)6-17/h3-5,8-9H,7H2,1-2H3,(H,18,23)(H,20,22). The van der Waals surface area contributed by atoms with Crippen LogP contribution in [-0.4, -0.2) is 35.2 Å². The number of rotatable bonds is 3. The molecular formula is C16H15N5O3. The summed E-state index contributed by atoms with van der Waals surface area (Å²) in [6.45, 7) is 2.37. The highest BCUT2D eigenvalue weighted by molar-refractivity contribution is 6.11. The number of nitrogens with one attached hydrogen (secondary N) is 2. The molecule has 0 spiro atoms. The molecule has 2 amide bonds. The molecule has 8 nitrogen and oxygen atoms in total. The summed E-state index contributed by atoms with van der Waals surface area (Å²) in [6.07, 6.45) is 1.38. The second kappa shape index (κ2) is 6.04. The summed E-state index contributed by atoms with van der Waals surface area (Å²) in [6, 6.07) is 6.70. The number of nitriles is 1. The fourth-order valence-corrected chi connectivity index (χ4v) is 2.57. The zero-order valence-corrected chi connectivity index (χ0v) is 13.2. The lowest BCUT2D eigenvalue weighted by atomic mass is 10.1. The first-order valence-corrected chi connectivity index (χ1v) is 7.30. The first-order valence-electron chi connectivity index (χ1n) is 7.30. The molecule has 1 aromatic heterocycles. The van der Waals surface area contributed by atoms with Crippen molar-refractivity contribution in [3.05, 3.63) is 41.2 Å². The highest BCUT2D eigenvalue weighted by atomic mass is 16.5. The third-order valence-electron chi connectivity index (χ3n) is 3.81. The topological polar surface area (TPSA) is 109 Å². The Morgan fingerprint density at radius 2 is 2.33 bits per heavy atom. The monoisotopic (exact) mass is 325 g/mol. The molecule has 1 aliphatic rings. The van der Waals surface area contributed by atoms with Gasteiger partial charge in [0.25, 0.3) is 11.8 Å². The van der Waals surface area contributed by atoms with E-state index in [9.17, 15) is 9.59 Å². The number of carbonyl (C=O) groups is 2. The van der Waals surface area contributed by atoms with Gasteiger partial charge in [-0.3, -0.25) is 14.3 Å². The van der Waals surface area contributed by atoms with E-state index in [4.69, 9.17) is 10.00 Å². The van der Waals surface area contributed by atoms with Gasteiger partial charge in [-0.25, -0.2) is 0 Å². The van der Waals surface area contributed by atoms with Crippen LogP contribution in [0.4, 0.5) is 5.69 Å². The van der Waals surface area contributed by atoms with Crippen LogP contribution < -0.4 is 15.4 Å². The van der Waals surface area contributed by atoms with E-state index in [0.717, 1.165) is 0 Å². The second-order valence-electron chi connectivity index (χ2n) is 5.39. The van der Waals surface area contributed by atoms with Crippen LogP contribution in [0.5, 0.6) is 5.75 Å². The predicted octanol–water partition coefficient (Wildman–Crippen LogP) is 1.32. The van der Waals surface area contributed by atoms with Gasteiger partial charge < -0.3 is 15.4 Å². The Balaban J connectivity index is 1.89. The predicted molar refractivity (Wildman–Crippen MR) is 84.9 cm³/mol. The number of anilines is 1. The van der Waals surface area contributed by atoms with Crippen molar-refractivity contribution in [3.8, 4) is 11.8 Å². The highest BCUT2D eigenvalue weighted by Gasteiger charge is 2.29. The van der Waals surface area contributed by atoms with Crippen LogP contribution in [-0.2, 0) is 0 Å². The molecular weight excluding hydrogens is 310 g/mol. The Morgan fingerprint density at radius 1 is 1.54 bits per heavy atom. The lowest BCUT2D eigenvalue weighted by Crippen LogP contribution is -2.39. The number of amides is 2. The first kappa shape index (κ1) is 15.6. The molecule has 2 heterocycles. The number of aromatic nitrogens is 2. The van der Waals surface area contributed by atoms with Gasteiger partial charge in [0.15, 0.2) is 0 Å². The smallest absolute Gasteiger partial charge is 0.270 e. The number of methoxy groups -OCH3 is 1. The highest BCUT2D eigenvalue weighted by Crippen LogP contribution is 2.23. The number of benzene rings is 1. The van der Waals surface area contributed by atoms with Crippen LogP contribution in [0.3, 0.4) is 0 Å². The SMILES string of the molecule is COc1ccc(NC(=O)c2cnn3c2C(=O)NCC3C)cc1C#N. The van der Waals surface area contributed by atoms with Crippen molar-refractivity contribution in [2.45, 2.75) is 13.0 Å². The van der Waals surface area contributed by atoms with Gasteiger partial charge in [-0.1, -0.05) is 0 Å². The fourth-order valence-electron chi connectivity index (χ4n) is 2.57. The van der Waals surface area contributed by atoms with Crippen molar-refractivity contribution >= 4 is 17.5 Å². The summed E-state index contributed by atoms with van der Waals surface area (Å²) in [5.41, 5.74) is 1.16. The molecule has 1 aromatic carbocycles. The summed E-state index contributed by atoms with van der Waals surface area (Å²) >= 11 is 0. The first-order chi connectivity index (χ1) is 11.5. The third-order valence-corrected chi connectivity index (χ3v) is 3.81. The minimum Gasteiger partial charge on any atom is -0.495 e. The van der Waals surface area contributed by atoms with Gasteiger partial charge in [0, 0.05) is 12.2 Å². The minimum atomic E-state index is -0.463. The minimum absolute atomic E-state index is 0.0228. The maximum atomic E-state index is 12.5. The molecule has 0 aliphatic carbocycles. The normalized spacial score (nSPS) is 15.9. The molecule has 0 radical (unpaired) electrons. The van der Waals surface area contributed by atoms with Gasteiger partial charge in [0.05, 0.1) is 30.5 Å². The Labute approximate surface area is 138 Å². The molecule has 122 valence electrons. The number of fused-ring (bicyclic) bond motifs is 1. The zero-order chi connectivity index (χ0) is 17.3. The molecule has 2 aromatic rings. The molecule has 8 heteroatoms. The quantitative estimate of drug-likeness (QED) is 0.884. The van der Waals surface area contributed by atoms with Gasteiger partial charge in [0.1, 0.15) is 17.5 Å². The van der Waals surface area contributed by atoms with Crippen LogP contribution >= 0.6 is 0 Å². The zero-order valence-electron chi connectivity index (χ0n) is 13.2. The van der Waals surface area contributed by atoms with Crippen LogP contribution in [0.1, 0.15) is 39.4 Å². The van der Waals surface area contributed by atoms with E-state index in [1.165, 1.54) is 19.4 Å². The Bertz CT molecular complexity index is 865. The number of hydrogen-bond acceptors (Lipinski definition) is 5. The molecule has 0 saturated heterocycles. The summed E-state index contributed by atoms with van der Waals surface area (Å²) < 4.78 is 6.61. The van der Waals surface area contributed by atoms with Gasteiger partial charge in [-0.2, -0.15) is 10.4 Å². The van der Waals surface area contributed by atoms with Crippen molar-refractivity contribution < 1.29 is 14.3 Å². The van der Waals surface area contributed by atoms with Gasteiger partial charge in [-0.05, 0) is 25.1 Å². The molecule has 0 fully saturated rings. The van der Waals surface area contributed by atoms with Gasteiger partial charge >= 0.3 is 0 Å². The van der Waals surface area contributed by atoms with Gasteiger partial charge in [0.2, 0.25) is 0 Å². The van der Waals surface area contributed by atoms with Crippen molar-refractivity contribution in [3.63, 3.8) is 0 Å². The van der Waals surface area contributed by atoms with Crippen LogP contribution in [0.25, 0.3) is 0 Å². The van der Waals surface area contributed by atoms with E-state index in [1.807, 2.05) is 13.0 Å². The van der Waals surface area contributed by atoms with Crippen LogP contribution in [0.15, 0.2) is 24.4 Å². The van der Waals surface area contributed by atoms with Crippen molar-refractivity contribution in [2.75, 3.05) is 19.0 Å². The van der Waals surface area contributed by atoms with Crippen molar-refractivity contribution in [1.29, 1.82) is 5.26 Å². The average Bonchev–Trinajstić information content (AvgIpc) is 3.04. The Hall–Kier alpha value is -3.34. The maximum Gasteiger partial charge on any atom is 0.270 e. The molecule has 24 heavy (non-hydrogen) atoms.